The molecule has 0 spiro atoms. The highest BCUT2D eigenvalue weighted by atomic mass is 16.3. The number of phenols is 1. The average molecular weight is 643 g/mol. The van der Waals surface area contributed by atoms with E-state index < -0.39 is 23.9 Å². The molecule has 1 fully saturated rings. The number of aliphatic hydroxyl groups is 2. The maximum absolute atomic E-state index is 14.0. The van der Waals surface area contributed by atoms with Gasteiger partial charge in [0.15, 0.2) is 0 Å². The normalized spacial score (nSPS) is 20.2. The molecule has 2 aliphatic rings. The van der Waals surface area contributed by atoms with E-state index in [1.165, 1.54) is 4.90 Å². The van der Waals surface area contributed by atoms with Gasteiger partial charge in [-0.2, -0.15) is 0 Å². The van der Waals surface area contributed by atoms with Crippen molar-refractivity contribution in [1.29, 1.82) is 0 Å². The number of carbonyl (C=O) groups excluding carboxylic acids is 2. The number of imide groups is 1. The first kappa shape index (κ1) is 32.9. The number of hydrogen-bond donors (Lipinski definition) is 4. The summed E-state index contributed by atoms with van der Waals surface area (Å²) in [5.41, 5.74) is 8.36. The number of phenolic OH excluding ortho intramolecular Hbond substituents is 1. The van der Waals surface area contributed by atoms with Crippen LogP contribution in [0.25, 0.3) is 11.6 Å². The number of aliphatic hydroxyl groups excluding tert-OH is 2. The number of aryl methyl sites for hydroxylation is 2. The standard InChI is InChI=1S/C41H42N2O5/c1-25-22-34-38(41(48)43(40(34)47)33-17-15-32(16-18-33)42-31-12-8-5-9-13-31)35(24-44)37(25)36(45)19-14-30(29-10-6-4-7-11-29)23-28-20-26(2)39(46)27(3)21-28/h4-13,15-18,20-21,23,34-36,38,42,44-46H,14,19,22,24H2,1-3H3/b30-23-/t34-,35+,36-,38-/m1/s1. The Labute approximate surface area is 281 Å². The molecule has 4 atom stereocenters. The number of rotatable bonds is 10. The van der Waals surface area contributed by atoms with Crippen LogP contribution in [0, 0.1) is 31.6 Å². The Bertz CT molecular complexity index is 1840. The van der Waals surface area contributed by atoms with Gasteiger partial charge in [-0.05, 0) is 122 Å². The molecule has 0 bridgehead atoms. The molecule has 1 heterocycles. The zero-order valence-corrected chi connectivity index (χ0v) is 27.6. The molecule has 7 heteroatoms. The summed E-state index contributed by atoms with van der Waals surface area (Å²) in [5.74, 6) is -2.32. The van der Waals surface area contributed by atoms with Crippen LogP contribution >= 0.6 is 0 Å². The number of nitrogens with zero attached hydrogens (tertiary/aromatic N) is 1. The Hall–Kier alpha value is -4.98. The molecule has 6 rings (SSSR count). The number of aromatic hydroxyl groups is 1. The fraction of sp³-hybridized carbons (Fsp3) is 0.268. The minimum atomic E-state index is -0.904. The molecule has 4 aromatic rings. The Morgan fingerprint density at radius 1 is 0.875 bits per heavy atom. The van der Waals surface area contributed by atoms with Gasteiger partial charge in [-0.3, -0.25) is 14.5 Å². The molecule has 48 heavy (non-hydrogen) atoms. The van der Waals surface area contributed by atoms with Crippen LogP contribution in [-0.2, 0) is 9.59 Å². The smallest absolute Gasteiger partial charge is 0.238 e. The molecule has 0 unspecified atom stereocenters. The van der Waals surface area contributed by atoms with Gasteiger partial charge < -0.3 is 20.6 Å². The first-order valence-corrected chi connectivity index (χ1v) is 16.5. The lowest BCUT2D eigenvalue weighted by molar-refractivity contribution is -0.123. The number of para-hydroxylation sites is 1. The fourth-order valence-electron chi connectivity index (χ4n) is 7.43. The van der Waals surface area contributed by atoms with Gasteiger partial charge in [-0.25, -0.2) is 0 Å². The molecule has 0 radical (unpaired) electrons. The largest absolute Gasteiger partial charge is 0.507 e. The van der Waals surface area contributed by atoms with E-state index in [1.54, 1.807) is 12.1 Å². The molecule has 0 aromatic heterocycles. The summed E-state index contributed by atoms with van der Waals surface area (Å²) >= 11 is 0. The van der Waals surface area contributed by atoms with Crippen LogP contribution in [0.3, 0.4) is 0 Å². The maximum Gasteiger partial charge on any atom is 0.238 e. The van der Waals surface area contributed by atoms with Crippen LogP contribution < -0.4 is 10.2 Å². The number of hydrogen-bond acceptors (Lipinski definition) is 6. The Morgan fingerprint density at radius 2 is 1.48 bits per heavy atom. The fourth-order valence-corrected chi connectivity index (χ4v) is 7.43. The van der Waals surface area contributed by atoms with Gasteiger partial charge in [-0.1, -0.05) is 60.2 Å². The lowest BCUT2D eigenvalue weighted by atomic mass is 9.68. The zero-order chi connectivity index (χ0) is 33.9. The third kappa shape index (κ3) is 6.57. The highest BCUT2D eigenvalue weighted by Gasteiger charge is 2.54. The van der Waals surface area contributed by atoms with Gasteiger partial charge in [0, 0.05) is 17.3 Å². The predicted octanol–water partition coefficient (Wildman–Crippen LogP) is 7.57. The molecular weight excluding hydrogens is 600 g/mol. The van der Waals surface area contributed by atoms with E-state index in [4.69, 9.17) is 0 Å². The summed E-state index contributed by atoms with van der Waals surface area (Å²) in [6, 6.07) is 30.8. The van der Waals surface area contributed by atoms with Crippen LogP contribution in [0.1, 0.15) is 48.4 Å². The van der Waals surface area contributed by atoms with Gasteiger partial charge in [0.05, 0.1) is 30.2 Å². The Kier molecular flexibility index (Phi) is 9.62. The molecule has 0 saturated carbocycles. The van der Waals surface area contributed by atoms with Crippen molar-refractivity contribution in [3.05, 3.63) is 130 Å². The SMILES string of the molecule is CC1=C([C@H](O)CC/C(=C/c2cc(C)c(O)c(C)c2)c2ccccc2)[C@H](CO)[C@@H]2C(=O)N(c3ccc(Nc4ccccc4)cc3)C(=O)[C@@H]2C1. The van der Waals surface area contributed by atoms with Crippen LogP contribution in [0.5, 0.6) is 5.75 Å². The van der Waals surface area contributed by atoms with Gasteiger partial charge in [0.25, 0.3) is 0 Å². The van der Waals surface area contributed by atoms with E-state index >= 15 is 0 Å². The van der Waals surface area contributed by atoms with Crippen molar-refractivity contribution < 1.29 is 24.9 Å². The summed E-state index contributed by atoms with van der Waals surface area (Å²) in [7, 11) is 0. The van der Waals surface area contributed by atoms with Gasteiger partial charge >= 0.3 is 0 Å². The number of nitrogens with one attached hydrogen (secondary N) is 1. The van der Waals surface area contributed by atoms with E-state index in [0.29, 0.717) is 30.5 Å². The van der Waals surface area contributed by atoms with Crippen molar-refractivity contribution in [2.45, 2.75) is 46.1 Å². The van der Waals surface area contributed by atoms with Crippen LogP contribution in [0.2, 0.25) is 0 Å². The van der Waals surface area contributed by atoms with Crippen molar-refractivity contribution in [2.24, 2.45) is 17.8 Å². The molecule has 7 nitrogen and oxygen atoms in total. The second kappa shape index (κ2) is 14.0. The monoisotopic (exact) mass is 642 g/mol. The molecule has 2 amide bonds. The molecule has 1 saturated heterocycles. The number of allylic oxidation sites excluding steroid dienone is 2. The summed E-state index contributed by atoms with van der Waals surface area (Å²) in [6.07, 6.45) is 2.45. The van der Waals surface area contributed by atoms with E-state index in [-0.39, 0.29) is 24.2 Å². The lowest BCUT2D eigenvalue weighted by Gasteiger charge is -2.35. The maximum atomic E-state index is 14.0. The molecule has 246 valence electrons. The number of amides is 2. The molecule has 4 N–H and O–H groups in total. The van der Waals surface area contributed by atoms with Crippen LogP contribution in [0.15, 0.2) is 108 Å². The van der Waals surface area contributed by atoms with Crippen molar-refractivity contribution in [3.63, 3.8) is 0 Å². The third-order valence-electron chi connectivity index (χ3n) is 9.76. The Balaban J connectivity index is 1.22. The van der Waals surface area contributed by atoms with Crippen molar-refractivity contribution in [3.8, 4) is 5.75 Å². The highest BCUT2D eigenvalue weighted by Crippen LogP contribution is 2.47. The van der Waals surface area contributed by atoms with Crippen LogP contribution in [0.4, 0.5) is 17.1 Å². The second-order valence-electron chi connectivity index (χ2n) is 13.0. The molecule has 1 aliphatic carbocycles. The Morgan fingerprint density at radius 3 is 2.10 bits per heavy atom. The number of anilines is 3. The van der Waals surface area contributed by atoms with Gasteiger partial charge in [0.2, 0.25) is 11.8 Å². The highest BCUT2D eigenvalue weighted by molar-refractivity contribution is 6.22. The quantitative estimate of drug-likeness (QED) is 0.0807. The summed E-state index contributed by atoms with van der Waals surface area (Å²) in [4.78, 5) is 28.9. The summed E-state index contributed by atoms with van der Waals surface area (Å²) < 4.78 is 0. The van der Waals surface area contributed by atoms with E-state index in [9.17, 15) is 24.9 Å². The van der Waals surface area contributed by atoms with Gasteiger partial charge in [0.1, 0.15) is 5.75 Å². The second-order valence-corrected chi connectivity index (χ2v) is 13.0. The van der Waals surface area contributed by atoms with E-state index in [2.05, 4.69) is 11.4 Å². The molecular formula is C41H42N2O5. The summed E-state index contributed by atoms with van der Waals surface area (Å²) in [5, 5.41) is 36.0. The predicted molar refractivity (Wildman–Crippen MR) is 191 cm³/mol. The molecule has 4 aromatic carbocycles. The van der Waals surface area contributed by atoms with Gasteiger partial charge in [-0.15, -0.1) is 0 Å². The summed E-state index contributed by atoms with van der Waals surface area (Å²) in [6.45, 7) is 5.31. The van der Waals surface area contributed by atoms with Crippen LogP contribution in [-0.4, -0.2) is 39.8 Å². The van der Waals surface area contributed by atoms with Crippen molar-refractivity contribution in [2.75, 3.05) is 16.8 Å². The van der Waals surface area contributed by atoms with Crippen molar-refractivity contribution >= 4 is 40.5 Å². The minimum Gasteiger partial charge on any atom is -0.507 e. The lowest BCUT2D eigenvalue weighted by Crippen LogP contribution is -2.38. The zero-order valence-electron chi connectivity index (χ0n) is 27.6. The number of carbonyl (C=O) groups is 2. The molecule has 1 aliphatic heterocycles. The minimum absolute atomic E-state index is 0.270. The third-order valence-corrected chi connectivity index (χ3v) is 9.76. The number of benzene rings is 4. The van der Waals surface area contributed by atoms with E-state index in [1.807, 2.05) is 106 Å². The van der Waals surface area contributed by atoms with E-state index in [0.717, 1.165) is 44.8 Å². The van der Waals surface area contributed by atoms with Crippen molar-refractivity contribution in [1.82, 2.24) is 0 Å². The average Bonchev–Trinajstić information content (AvgIpc) is 3.34. The first-order valence-electron chi connectivity index (χ1n) is 16.5. The number of fused-ring (bicyclic) bond motifs is 1. The topological polar surface area (TPSA) is 110 Å². The first-order chi connectivity index (χ1) is 23.2.